The lowest BCUT2D eigenvalue weighted by atomic mass is 9.79. The van der Waals surface area contributed by atoms with Gasteiger partial charge in [-0.2, -0.15) is 0 Å². The number of carbonyl (C=O) groups excluding carboxylic acids is 1. The molecule has 25 heavy (non-hydrogen) atoms. The summed E-state index contributed by atoms with van der Waals surface area (Å²) < 4.78 is 0.480. The average molecular weight is 374 g/mol. The molecule has 5 rings (SSSR count). The maximum absolute atomic E-state index is 13.1. The van der Waals surface area contributed by atoms with Crippen molar-refractivity contribution in [3.8, 4) is 0 Å². The van der Waals surface area contributed by atoms with Crippen molar-refractivity contribution in [2.75, 3.05) is 11.5 Å². The molecule has 2 nitrogen and oxygen atoms in total. The molecule has 1 unspecified atom stereocenters. The van der Waals surface area contributed by atoms with Gasteiger partial charge in [-0.25, -0.2) is 0 Å². The highest BCUT2D eigenvalue weighted by atomic mass is 32.2. The Labute approximate surface area is 159 Å². The Morgan fingerprint density at radius 3 is 2.52 bits per heavy atom. The predicted molar refractivity (Wildman–Crippen MR) is 107 cm³/mol. The van der Waals surface area contributed by atoms with Gasteiger partial charge in [0.25, 0.3) is 0 Å². The molecule has 3 aliphatic carbocycles. The van der Waals surface area contributed by atoms with E-state index in [1.807, 2.05) is 0 Å². The van der Waals surface area contributed by atoms with Crippen LogP contribution in [0.15, 0.2) is 24.3 Å². The average Bonchev–Trinajstić information content (AvgIpc) is 3.17. The summed E-state index contributed by atoms with van der Waals surface area (Å²) in [4.78, 5) is 13.1. The molecular weight excluding hydrogens is 346 g/mol. The molecule has 1 spiro atoms. The van der Waals surface area contributed by atoms with Crippen molar-refractivity contribution in [3.63, 3.8) is 0 Å². The van der Waals surface area contributed by atoms with Gasteiger partial charge in [0.1, 0.15) is 0 Å². The van der Waals surface area contributed by atoms with Crippen LogP contribution >= 0.6 is 23.5 Å². The summed E-state index contributed by atoms with van der Waals surface area (Å²) in [6, 6.07) is 8.92. The molecule has 2 bridgehead atoms. The van der Waals surface area contributed by atoms with E-state index in [1.165, 1.54) is 41.9 Å². The topological polar surface area (TPSA) is 29.1 Å². The molecule has 4 atom stereocenters. The molecule has 4 aliphatic rings. The number of thioether (sulfide) groups is 2. The molecule has 1 aromatic carbocycles. The smallest absolute Gasteiger partial charge is 0.223 e. The third-order valence-electron chi connectivity index (χ3n) is 6.94. The largest absolute Gasteiger partial charge is 0.349 e. The van der Waals surface area contributed by atoms with Crippen molar-refractivity contribution in [1.29, 1.82) is 0 Å². The van der Waals surface area contributed by atoms with Crippen LogP contribution in [0.4, 0.5) is 0 Å². The molecule has 2 saturated carbocycles. The van der Waals surface area contributed by atoms with Crippen LogP contribution in [0.1, 0.15) is 55.7 Å². The first-order chi connectivity index (χ1) is 12.3. The van der Waals surface area contributed by atoms with Gasteiger partial charge in [-0.1, -0.05) is 24.3 Å². The van der Waals surface area contributed by atoms with Crippen LogP contribution < -0.4 is 5.32 Å². The Bertz CT molecular complexity index is 654. The second-order valence-corrected chi connectivity index (χ2v) is 11.2. The second-order valence-electron chi connectivity index (χ2n) is 8.21. The molecular formula is C21H27NOS2. The van der Waals surface area contributed by atoms with Gasteiger partial charge in [-0.05, 0) is 67.9 Å². The number of hydrogen-bond acceptors (Lipinski definition) is 3. The van der Waals surface area contributed by atoms with E-state index in [4.69, 9.17) is 0 Å². The molecule has 1 heterocycles. The van der Waals surface area contributed by atoms with E-state index in [0.717, 1.165) is 37.5 Å². The zero-order valence-corrected chi connectivity index (χ0v) is 16.3. The number of aryl methyl sites for hydroxylation is 1. The van der Waals surface area contributed by atoms with E-state index in [2.05, 4.69) is 53.1 Å². The number of rotatable bonds is 2. The van der Waals surface area contributed by atoms with Crippen LogP contribution in [0, 0.1) is 17.8 Å². The van der Waals surface area contributed by atoms with Crippen LogP contribution in [0.5, 0.6) is 0 Å². The lowest BCUT2D eigenvalue weighted by molar-refractivity contribution is -0.127. The summed E-state index contributed by atoms with van der Waals surface area (Å²) in [5.41, 5.74) is 2.79. The number of carbonyl (C=O) groups is 1. The first-order valence-corrected chi connectivity index (χ1v) is 11.9. The van der Waals surface area contributed by atoms with Crippen molar-refractivity contribution in [2.24, 2.45) is 17.8 Å². The fraction of sp³-hybridized carbons (Fsp3) is 0.667. The lowest BCUT2D eigenvalue weighted by Gasteiger charge is -2.42. The van der Waals surface area contributed by atoms with Gasteiger partial charge in [-0.15, -0.1) is 23.5 Å². The minimum Gasteiger partial charge on any atom is -0.349 e. The first-order valence-electron chi connectivity index (χ1n) is 9.92. The Morgan fingerprint density at radius 2 is 1.76 bits per heavy atom. The van der Waals surface area contributed by atoms with Crippen molar-refractivity contribution in [2.45, 2.75) is 55.1 Å². The van der Waals surface area contributed by atoms with Crippen molar-refractivity contribution in [1.82, 2.24) is 5.32 Å². The number of nitrogens with one attached hydrogen (secondary N) is 1. The molecule has 3 fully saturated rings. The summed E-state index contributed by atoms with van der Waals surface area (Å²) in [7, 11) is 0. The SMILES string of the molecule is O=C(N[C@@H]1CCCc2ccccc21)C1C[C@H]2CC[C@@H](C1)C21SCCS1. The van der Waals surface area contributed by atoms with Crippen LogP contribution in [-0.4, -0.2) is 21.5 Å². The molecule has 0 radical (unpaired) electrons. The van der Waals surface area contributed by atoms with Crippen LogP contribution in [0.3, 0.4) is 0 Å². The molecule has 4 heteroatoms. The molecule has 1 aromatic rings. The Balaban J connectivity index is 1.29. The number of hydrogen-bond donors (Lipinski definition) is 1. The normalized spacial score (nSPS) is 35.5. The first kappa shape index (κ1) is 16.6. The molecule has 1 amide bonds. The summed E-state index contributed by atoms with van der Waals surface area (Å²) in [6.07, 6.45) is 8.38. The number of amides is 1. The monoisotopic (exact) mass is 373 g/mol. The predicted octanol–water partition coefficient (Wildman–Crippen LogP) is 4.79. The minimum atomic E-state index is 0.237. The summed E-state index contributed by atoms with van der Waals surface area (Å²) in [5.74, 6) is 4.73. The van der Waals surface area contributed by atoms with E-state index in [0.29, 0.717) is 9.99 Å². The van der Waals surface area contributed by atoms with Gasteiger partial charge in [0.2, 0.25) is 5.91 Å². The van der Waals surface area contributed by atoms with Crippen LogP contribution in [0.25, 0.3) is 0 Å². The van der Waals surface area contributed by atoms with Gasteiger partial charge in [0.05, 0.1) is 10.1 Å². The van der Waals surface area contributed by atoms with Gasteiger partial charge in [0.15, 0.2) is 0 Å². The number of fused-ring (bicyclic) bond motifs is 1. The van der Waals surface area contributed by atoms with Gasteiger partial charge in [-0.3, -0.25) is 4.79 Å². The maximum atomic E-state index is 13.1. The van der Waals surface area contributed by atoms with Crippen LogP contribution in [-0.2, 0) is 11.2 Å². The molecule has 1 aliphatic heterocycles. The summed E-state index contributed by atoms with van der Waals surface area (Å²) in [6.45, 7) is 0. The highest BCUT2D eigenvalue weighted by molar-refractivity contribution is 8.21. The van der Waals surface area contributed by atoms with Gasteiger partial charge >= 0.3 is 0 Å². The zero-order chi connectivity index (χ0) is 16.9. The molecule has 134 valence electrons. The summed E-state index contributed by atoms with van der Waals surface area (Å²) in [5, 5.41) is 3.44. The lowest BCUT2D eigenvalue weighted by Crippen LogP contribution is -2.44. The fourth-order valence-electron chi connectivity index (χ4n) is 5.81. The van der Waals surface area contributed by atoms with Crippen molar-refractivity contribution in [3.05, 3.63) is 35.4 Å². The van der Waals surface area contributed by atoms with Crippen molar-refractivity contribution < 1.29 is 4.79 Å². The van der Waals surface area contributed by atoms with Gasteiger partial charge < -0.3 is 5.32 Å². The number of benzene rings is 1. The second kappa shape index (κ2) is 6.53. The molecule has 1 saturated heterocycles. The maximum Gasteiger partial charge on any atom is 0.223 e. The Morgan fingerprint density at radius 1 is 1.04 bits per heavy atom. The minimum absolute atomic E-state index is 0.237. The van der Waals surface area contributed by atoms with E-state index < -0.39 is 0 Å². The van der Waals surface area contributed by atoms with E-state index in [-0.39, 0.29) is 12.0 Å². The quantitative estimate of drug-likeness (QED) is 0.808. The van der Waals surface area contributed by atoms with E-state index in [9.17, 15) is 4.79 Å². The Kier molecular flexibility index (Phi) is 4.32. The standard InChI is InChI=1S/C21H27NOS2/c23-20(22-19-7-3-5-14-4-1-2-6-18(14)19)15-12-16-8-9-17(13-15)21(16)24-10-11-25-21/h1-2,4,6,15-17,19H,3,5,7-13H2,(H,22,23)/t15?,16-,17+,19-/m1/s1. The van der Waals surface area contributed by atoms with Crippen LogP contribution in [0.2, 0.25) is 0 Å². The summed E-state index contributed by atoms with van der Waals surface area (Å²) >= 11 is 4.43. The fourth-order valence-corrected chi connectivity index (χ4v) is 9.75. The highest BCUT2D eigenvalue weighted by Crippen LogP contribution is 2.65. The molecule has 1 N–H and O–H groups in total. The van der Waals surface area contributed by atoms with Gasteiger partial charge in [0, 0.05) is 17.4 Å². The zero-order valence-electron chi connectivity index (χ0n) is 14.7. The Hall–Kier alpha value is -0.610. The third-order valence-corrected chi connectivity index (χ3v) is 11.0. The van der Waals surface area contributed by atoms with Crippen molar-refractivity contribution >= 4 is 29.4 Å². The highest BCUT2D eigenvalue weighted by Gasteiger charge is 2.57. The van der Waals surface area contributed by atoms with E-state index in [1.54, 1.807) is 0 Å². The van der Waals surface area contributed by atoms with E-state index >= 15 is 0 Å². The molecule has 0 aromatic heterocycles. The third kappa shape index (κ3) is 2.75.